The molecule has 2 aromatic heterocycles. The molecule has 138 valence electrons. The third-order valence-corrected chi connectivity index (χ3v) is 4.10. The van der Waals surface area contributed by atoms with Crippen LogP contribution in [-0.2, 0) is 0 Å². The monoisotopic (exact) mass is 384 g/mol. The summed E-state index contributed by atoms with van der Waals surface area (Å²) in [7, 11) is 0. The Balaban J connectivity index is 0.00000210. The number of anilines is 4. The number of H-pyrrole nitrogens is 1. The van der Waals surface area contributed by atoms with Gasteiger partial charge >= 0.3 is 0 Å². The molecule has 2 aromatic carbocycles. The van der Waals surface area contributed by atoms with Crippen molar-refractivity contribution in [3.05, 3.63) is 65.7 Å². The van der Waals surface area contributed by atoms with Crippen LogP contribution < -0.4 is 10.6 Å². The van der Waals surface area contributed by atoms with Gasteiger partial charge in [0.2, 0.25) is 5.95 Å². The maximum absolute atomic E-state index is 13.7. The zero-order chi connectivity index (χ0) is 18.1. The van der Waals surface area contributed by atoms with E-state index in [0.29, 0.717) is 23.0 Å². The minimum Gasteiger partial charge on any atom is -0.340 e. The summed E-state index contributed by atoms with van der Waals surface area (Å²) in [6.45, 7) is 3.70. The number of aromatic amines is 1. The van der Waals surface area contributed by atoms with Crippen molar-refractivity contribution < 1.29 is 4.39 Å². The Morgan fingerprint density at radius 1 is 0.963 bits per heavy atom. The summed E-state index contributed by atoms with van der Waals surface area (Å²) in [6.07, 6.45) is 1.64. The zero-order valence-corrected chi connectivity index (χ0v) is 15.6. The summed E-state index contributed by atoms with van der Waals surface area (Å²) in [4.78, 5) is 8.60. The van der Waals surface area contributed by atoms with Crippen molar-refractivity contribution in [2.75, 3.05) is 10.6 Å². The predicted octanol–water partition coefficient (Wildman–Crippen LogP) is 5.02. The van der Waals surface area contributed by atoms with Gasteiger partial charge in [-0.1, -0.05) is 6.07 Å². The van der Waals surface area contributed by atoms with Gasteiger partial charge in [0.1, 0.15) is 11.6 Å². The van der Waals surface area contributed by atoms with Crippen LogP contribution in [0.3, 0.4) is 0 Å². The summed E-state index contributed by atoms with van der Waals surface area (Å²) in [5.41, 5.74) is 3.98. The number of benzene rings is 2. The molecule has 0 atom stereocenters. The van der Waals surface area contributed by atoms with E-state index in [2.05, 4.69) is 30.8 Å². The number of aromatic nitrogens is 4. The van der Waals surface area contributed by atoms with Crippen LogP contribution in [-0.4, -0.2) is 20.2 Å². The Labute approximate surface area is 161 Å². The number of halogens is 2. The van der Waals surface area contributed by atoms with Gasteiger partial charge in [-0.2, -0.15) is 10.1 Å². The van der Waals surface area contributed by atoms with Crippen molar-refractivity contribution >= 4 is 46.5 Å². The van der Waals surface area contributed by atoms with Crippen molar-refractivity contribution in [2.45, 2.75) is 13.8 Å². The Morgan fingerprint density at radius 3 is 2.56 bits per heavy atom. The summed E-state index contributed by atoms with van der Waals surface area (Å²) < 4.78 is 13.7. The van der Waals surface area contributed by atoms with Gasteiger partial charge in [-0.25, -0.2) is 9.37 Å². The van der Waals surface area contributed by atoms with Crippen LogP contribution in [0.25, 0.3) is 10.9 Å². The highest BCUT2D eigenvalue weighted by atomic mass is 35.5. The molecule has 0 unspecified atom stereocenters. The van der Waals surface area contributed by atoms with Crippen LogP contribution in [0.4, 0.5) is 27.5 Å². The molecular weight excluding hydrogens is 367 g/mol. The molecule has 0 amide bonds. The van der Waals surface area contributed by atoms with Gasteiger partial charge in [-0.3, -0.25) is 5.10 Å². The van der Waals surface area contributed by atoms with Crippen LogP contribution in [0.2, 0.25) is 0 Å². The van der Waals surface area contributed by atoms with Gasteiger partial charge in [0.25, 0.3) is 0 Å². The molecule has 27 heavy (non-hydrogen) atoms. The fourth-order valence-electron chi connectivity index (χ4n) is 2.66. The van der Waals surface area contributed by atoms with Gasteiger partial charge < -0.3 is 10.6 Å². The topological polar surface area (TPSA) is 78.5 Å². The quantitative estimate of drug-likeness (QED) is 0.460. The van der Waals surface area contributed by atoms with Crippen molar-refractivity contribution in [1.82, 2.24) is 20.2 Å². The van der Waals surface area contributed by atoms with Crippen LogP contribution in [0.1, 0.15) is 11.3 Å². The lowest BCUT2D eigenvalue weighted by Crippen LogP contribution is -2.00. The first-order valence-electron chi connectivity index (χ1n) is 8.16. The molecule has 0 fully saturated rings. The number of rotatable bonds is 4. The summed E-state index contributed by atoms with van der Waals surface area (Å²) in [5.74, 6) is 0.739. The molecule has 4 aromatic rings. The minimum atomic E-state index is -0.271. The van der Waals surface area contributed by atoms with E-state index in [-0.39, 0.29) is 18.2 Å². The molecule has 0 radical (unpaired) electrons. The number of nitrogens with zero attached hydrogens (tertiary/aromatic N) is 3. The molecule has 0 saturated carbocycles. The molecule has 8 heteroatoms. The van der Waals surface area contributed by atoms with E-state index in [1.54, 1.807) is 31.3 Å². The molecule has 2 heterocycles. The first-order valence-corrected chi connectivity index (χ1v) is 8.16. The maximum atomic E-state index is 13.7. The van der Waals surface area contributed by atoms with Crippen LogP contribution in [0.5, 0.6) is 0 Å². The Bertz CT molecular complexity index is 1090. The number of hydrogen-bond donors (Lipinski definition) is 3. The first kappa shape index (κ1) is 18.6. The van der Waals surface area contributed by atoms with E-state index in [4.69, 9.17) is 0 Å². The van der Waals surface area contributed by atoms with Gasteiger partial charge in [0, 0.05) is 28.7 Å². The SMILES string of the molecule is Cc1ccc(Nc2nccc(Nc3ccc4c(C)[nH]nc4c3)n2)cc1F.Cl. The highest BCUT2D eigenvalue weighted by Crippen LogP contribution is 2.23. The van der Waals surface area contributed by atoms with Gasteiger partial charge in [0.05, 0.1) is 5.52 Å². The average Bonchev–Trinajstić information content (AvgIpc) is 2.99. The minimum absolute atomic E-state index is 0. The lowest BCUT2D eigenvalue weighted by Gasteiger charge is -2.09. The number of hydrogen-bond acceptors (Lipinski definition) is 5. The van der Waals surface area contributed by atoms with Gasteiger partial charge in [-0.15, -0.1) is 12.4 Å². The average molecular weight is 385 g/mol. The van der Waals surface area contributed by atoms with Crippen molar-refractivity contribution in [2.24, 2.45) is 0 Å². The molecular formula is C19H18ClFN6. The molecule has 0 aliphatic heterocycles. The van der Waals surface area contributed by atoms with E-state index < -0.39 is 0 Å². The molecule has 3 N–H and O–H groups in total. The van der Waals surface area contributed by atoms with Gasteiger partial charge in [0.15, 0.2) is 0 Å². The Hall–Kier alpha value is -3.19. The van der Waals surface area contributed by atoms with Crippen LogP contribution in [0.15, 0.2) is 48.7 Å². The van der Waals surface area contributed by atoms with E-state index >= 15 is 0 Å². The smallest absolute Gasteiger partial charge is 0.229 e. The van der Waals surface area contributed by atoms with E-state index in [1.165, 1.54) is 6.07 Å². The normalized spacial score (nSPS) is 10.5. The lowest BCUT2D eigenvalue weighted by atomic mass is 10.2. The Kier molecular flexibility index (Phi) is 5.23. The molecule has 0 saturated heterocycles. The maximum Gasteiger partial charge on any atom is 0.229 e. The number of aryl methyl sites for hydroxylation is 2. The molecule has 0 spiro atoms. The first-order chi connectivity index (χ1) is 12.6. The second-order valence-electron chi connectivity index (χ2n) is 6.06. The van der Waals surface area contributed by atoms with Crippen LogP contribution in [0, 0.1) is 19.7 Å². The molecule has 4 rings (SSSR count). The number of nitrogens with one attached hydrogen (secondary N) is 3. The van der Waals surface area contributed by atoms with E-state index in [0.717, 1.165) is 22.3 Å². The summed E-state index contributed by atoms with van der Waals surface area (Å²) in [6, 6.07) is 12.6. The standard InChI is InChI=1S/C19H17FN6.ClH/c1-11-3-4-13(9-16(11)20)23-19-21-8-7-18(24-19)22-14-5-6-15-12(2)25-26-17(15)10-14;/h3-10H,1-2H3,(H,25,26)(H2,21,22,23,24);1H. The van der Waals surface area contributed by atoms with Gasteiger partial charge in [-0.05, 0) is 55.8 Å². The fourth-order valence-corrected chi connectivity index (χ4v) is 2.66. The summed E-state index contributed by atoms with van der Waals surface area (Å²) in [5, 5.41) is 14.6. The van der Waals surface area contributed by atoms with E-state index in [9.17, 15) is 4.39 Å². The van der Waals surface area contributed by atoms with Crippen LogP contribution >= 0.6 is 12.4 Å². The highest BCUT2D eigenvalue weighted by Gasteiger charge is 2.05. The molecule has 0 bridgehead atoms. The molecule has 0 aliphatic carbocycles. The number of fused-ring (bicyclic) bond motifs is 1. The second kappa shape index (κ2) is 7.59. The summed E-state index contributed by atoms with van der Waals surface area (Å²) >= 11 is 0. The lowest BCUT2D eigenvalue weighted by molar-refractivity contribution is 0.619. The largest absolute Gasteiger partial charge is 0.340 e. The molecule has 0 aliphatic rings. The van der Waals surface area contributed by atoms with Crippen molar-refractivity contribution in [3.8, 4) is 0 Å². The predicted molar refractivity (Wildman–Crippen MR) is 108 cm³/mol. The third-order valence-electron chi connectivity index (χ3n) is 4.10. The third kappa shape index (κ3) is 3.98. The fraction of sp³-hybridized carbons (Fsp3) is 0.105. The van der Waals surface area contributed by atoms with Crippen molar-refractivity contribution in [3.63, 3.8) is 0 Å². The second-order valence-corrected chi connectivity index (χ2v) is 6.06. The Morgan fingerprint density at radius 2 is 1.74 bits per heavy atom. The highest BCUT2D eigenvalue weighted by molar-refractivity contribution is 5.85. The molecule has 6 nitrogen and oxygen atoms in total. The van der Waals surface area contributed by atoms with E-state index in [1.807, 2.05) is 25.1 Å². The zero-order valence-electron chi connectivity index (χ0n) is 14.7. The van der Waals surface area contributed by atoms with Crippen molar-refractivity contribution in [1.29, 1.82) is 0 Å².